The number of benzene rings is 1. The Hall–Kier alpha value is -0.806. The number of rotatable bonds is 16. The molecule has 0 spiro atoms. The molecule has 5 nitrogen and oxygen atoms in total. The highest BCUT2D eigenvalue weighted by Crippen LogP contribution is 2.69. The summed E-state index contributed by atoms with van der Waals surface area (Å²) in [4.78, 5) is 0. The predicted molar refractivity (Wildman–Crippen MR) is 244 cm³/mol. The lowest BCUT2D eigenvalue weighted by molar-refractivity contribution is -0.187. The average molecular weight is 825 g/mol. The Bertz CT molecular complexity index is 1450. The summed E-state index contributed by atoms with van der Waals surface area (Å²) in [5.74, 6) is 4.44. The highest BCUT2D eigenvalue weighted by molar-refractivity contribution is 6.74. The summed E-state index contributed by atoms with van der Waals surface area (Å²) in [6.07, 6.45) is 15.5. The van der Waals surface area contributed by atoms with Crippen molar-refractivity contribution >= 4 is 16.6 Å². The third-order valence-corrected chi connectivity index (χ3v) is 26.5. The van der Waals surface area contributed by atoms with E-state index in [4.69, 9.17) is 23.1 Å². The van der Waals surface area contributed by atoms with E-state index in [1.54, 1.807) is 7.11 Å². The Morgan fingerprint density at radius 2 is 1.40 bits per heavy atom. The first kappa shape index (κ1) is 47.2. The van der Waals surface area contributed by atoms with Crippen LogP contribution in [0.4, 0.5) is 0 Å². The molecule has 4 aliphatic carbocycles. The molecule has 0 amide bonds. The highest BCUT2D eigenvalue weighted by Gasteiger charge is 2.66. The van der Waals surface area contributed by atoms with Crippen LogP contribution < -0.4 is 0 Å². The molecule has 0 N–H and O–H groups in total. The summed E-state index contributed by atoms with van der Waals surface area (Å²) < 4.78 is 33.6. The fourth-order valence-corrected chi connectivity index (χ4v) is 14.7. The topological polar surface area (TPSA) is 46.2 Å². The maximum atomic E-state index is 7.71. The van der Waals surface area contributed by atoms with Gasteiger partial charge >= 0.3 is 0 Å². The molecule has 4 aliphatic rings. The van der Waals surface area contributed by atoms with Crippen LogP contribution in [0.2, 0.25) is 36.3 Å². The lowest BCUT2D eigenvalue weighted by Gasteiger charge is -2.64. The van der Waals surface area contributed by atoms with Gasteiger partial charge in [0.2, 0.25) is 0 Å². The van der Waals surface area contributed by atoms with E-state index in [9.17, 15) is 0 Å². The Balaban J connectivity index is 1.40. The van der Waals surface area contributed by atoms with Gasteiger partial charge < -0.3 is 23.1 Å². The van der Waals surface area contributed by atoms with E-state index in [-0.39, 0.29) is 33.1 Å². The average Bonchev–Trinajstić information content (AvgIpc) is 3.42. The van der Waals surface area contributed by atoms with E-state index in [1.807, 2.05) is 0 Å². The molecule has 1 aromatic carbocycles. The van der Waals surface area contributed by atoms with Crippen LogP contribution in [0.15, 0.2) is 42.5 Å². The van der Waals surface area contributed by atoms with Crippen LogP contribution in [0.1, 0.15) is 133 Å². The van der Waals surface area contributed by atoms with Crippen LogP contribution in [0.25, 0.3) is 0 Å². The number of fused-ring (bicyclic) bond motifs is 5. The Morgan fingerprint density at radius 3 is 2.02 bits per heavy atom. The fraction of sp³-hybridized carbons (Fsp3) is 0.840. The van der Waals surface area contributed by atoms with E-state index in [0.717, 1.165) is 32.3 Å². The second-order valence-corrected chi connectivity index (χ2v) is 32.8. The lowest BCUT2D eigenvalue weighted by Crippen LogP contribution is -2.62. The van der Waals surface area contributed by atoms with E-state index in [1.165, 1.54) is 31.2 Å². The van der Waals surface area contributed by atoms with Crippen molar-refractivity contribution in [2.75, 3.05) is 20.5 Å². The zero-order valence-electron chi connectivity index (χ0n) is 39.7. The first-order valence-electron chi connectivity index (χ1n) is 23.2. The second kappa shape index (κ2) is 18.3. The van der Waals surface area contributed by atoms with Gasteiger partial charge in [-0.2, -0.15) is 0 Å². The zero-order chi connectivity index (χ0) is 42.2. The number of ether oxygens (including phenoxy) is 3. The molecular formula is C50H88O5Si2. The first-order chi connectivity index (χ1) is 26.4. The van der Waals surface area contributed by atoms with Crippen molar-refractivity contribution in [3.63, 3.8) is 0 Å². The largest absolute Gasteiger partial charge is 0.414 e. The van der Waals surface area contributed by atoms with E-state index in [2.05, 4.69) is 145 Å². The monoisotopic (exact) mass is 825 g/mol. The lowest BCUT2D eigenvalue weighted by atomic mass is 9.43. The van der Waals surface area contributed by atoms with Crippen LogP contribution in [0, 0.1) is 58.2 Å². The van der Waals surface area contributed by atoms with Crippen LogP contribution >= 0.6 is 0 Å². The van der Waals surface area contributed by atoms with Gasteiger partial charge in [-0.1, -0.05) is 119 Å². The van der Waals surface area contributed by atoms with Gasteiger partial charge in [0.05, 0.1) is 12.7 Å². The van der Waals surface area contributed by atoms with Crippen molar-refractivity contribution in [2.24, 2.45) is 58.2 Å². The molecule has 0 aliphatic heterocycles. The van der Waals surface area contributed by atoms with Gasteiger partial charge in [0.25, 0.3) is 0 Å². The molecule has 0 aromatic heterocycles. The molecule has 4 fully saturated rings. The molecule has 4 saturated carbocycles. The van der Waals surface area contributed by atoms with Gasteiger partial charge in [0, 0.05) is 25.9 Å². The maximum absolute atomic E-state index is 7.71. The molecule has 0 unspecified atom stereocenters. The Kier molecular flexibility index (Phi) is 15.1. The van der Waals surface area contributed by atoms with Crippen molar-refractivity contribution in [2.45, 2.75) is 189 Å². The summed E-state index contributed by atoms with van der Waals surface area (Å²) in [5, 5.41) is 0.380. The maximum Gasteiger partial charge on any atom is 0.192 e. The number of hydrogen-bond donors (Lipinski definition) is 0. The summed E-state index contributed by atoms with van der Waals surface area (Å²) in [5.41, 5.74) is 1.70. The molecule has 5 rings (SSSR count). The molecule has 0 radical (unpaired) electrons. The van der Waals surface area contributed by atoms with E-state index < -0.39 is 16.6 Å². The van der Waals surface area contributed by atoms with Gasteiger partial charge in [0.15, 0.2) is 16.6 Å². The van der Waals surface area contributed by atoms with Gasteiger partial charge in [0.1, 0.15) is 6.79 Å². The van der Waals surface area contributed by atoms with Crippen molar-refractivity contribution in [3.8, 4) is 0 Å². The van der Waals surface area contributed by atoms with Crippen molar-refractivity contribution in [1.82, 2.24) is 0 Å². The minimum atomic E-state index is -2.04. The molecule has 1 aromatic rings. The smallest absolute Gasteiger partial charge is 0.192 e. The van der Waals surface area contributed by atoms with Crippen LogP contribution in [0.5, 0.6) is 0 Å². The summed E-state index contributed by atoms with van der Waals surface area (Å²) in [6, 6.07) is 10.6. The van der Waals surface area contributed by atoms with Gasteiger partial charge in [-0.3, -0.25) is 0 Å². The van der Waals surface area contributed by atoms with E-state index in [0.29, 0.717) is 66.8 Å². The zero-order valence-corrected chi connectivity index (χ0v) is 41.7. The standard InChI is InChI=1S/C50H88O5Si2/c1-35(2)38(26-29-52-33-37-20-18-17-19-21-37)23-22-36(3)42-32-45(53-34-51-12)46-40-31-44(55-57(15,16)48(7,8)9)43-30-39(54-56(13,14)47(4,5)6)24-27-49(43,10)41(40)25-28-50(42,46)11/h17-23,35-36,38-46H,24-34H2,1-16H3/b23-22+/t36-,38-,39+,40-,41+,42-,43-,44+,45-,46-,49-,50-/m1/s1. The second-order valence-electron chi connectivity index (χ2n) is 23.3. The first-order valence-corrected chi connectivity index (χ1v) is 29.0. The molecule has 0 heterocycles. The van der Waals surface area contributed by atoms with Gasteiger partial charge in [-0.05, 0) is 151 Å². The summed E-state index contributed by atoms with van der Waals surface area (Å²) in [6.45, 7) is 38.7. The number of hydrogen-bond acceptors (Lipinski definition) is 5. The molecule has 0 bridgehead atoms. The molecule has 7 heteroatoms. The Labute approximate surface area is 353 Å². The molecular weight excluding hydrogens is 737 g/mol. The van der Waals surface area contributed by atoms with Crippen molar-refractivity contribution in [1.29, 1.82) is 0 Å². The molecule has 12 atom stereocenters. The molecule has 326 valence electrons. The predicted octanol–water partition coefficient (Wildman–Crippen LogP) is 13.7. The van der Waals surface area contributed by atoms with Crippen LogP contribution in [0.3, 0.4) is 0 Å². The number of allylic oxidation sites excluding steroid dienone is 2. The SMILES string of the molecule is COCO[C@@H]1C[C@H]([C@H](C)/C=C/[C@H](CCOCc2ccccc2)C(C)C)[C@@]2(C)CC[C@H]3[C@@H](C[C@H](O[Si](C)(C)C(C)(C)C)[C@H]4C[C@@H](O[Si](C)(C)C(C)(C)C)CC[C@@]43C)[C@H]12. The van der Waals surface area contributed by atoms with E-state index >= 15 is 0 Å². The minimum Gasteiger partial charge on any atom is -0.414 e. The highest BCUT2D eigenvalue weighted by atomic mass is 28.4. The normalized spacial score (nSPS) is 34.9. The fourth-order valence-electron chi connectivity index (χ4n) is 11.9. The molecule has 0 saturated heterocycles. The van der Waals surface area contributed by atoms with Crippen LogP contribution in [-0.2, 0) is 29.7 Å². The van der Waals surface area contributed by atoms with Crippen molar-refractivity contribution in [3.05, 3.63) is 48.0 Å². The number of methoxy groups -OCH3 is 1. The van der Waals surface area contributed by atoms with Crippen LogP contribution in [-0.4, -0.2) is 55.5 Å². The third-order valence-electron chi connectivity index (χ3n) is 17.4. The third kappa shape index (κ3) is 10.3. The quantitative estimate of drug-likeness (QED) is 0.0719. The minimum absolute atomic E-state index is 0.166. The van der Waals surface area contributed by atoms with Gasteiger partial charge in [-0.25, -0.2) is 0 Å². The van der Waals surface area contributed by atoms with Gasteiger partial charge in [-0.15, -0.1) is 0 Å². The van der Waals surface area contributed by atoms with Crippen molar-refractivity contribution < 1.29 is 23.1 Å². The summed E-state index contributed by atoms with van der Waals surface area (Å²) in [7, 11) is -2.14. The summed E-state index contributed by atoms with van der Waals surface area (Å²) >= 11 is 0. The molecule has 57 heavy (non-hydrogen) atoms. The Morgan fingerprint density at radius 1 is 0.772 bits per heavy atom.